The predicted molar refractivity (Wildman–Crippen MR) is 48.6 cm³/mol. The van der Waals surface area contributed by atoms with Crippen LogP contribution in [0.5, 0.6) is 6.01 Å². The van der Waals surface area contributed by atoms with E-state index in [4.69, 9.17) is 9.57 Å². The van der Waals surface area contributed by atoms with Crippen molar-refractivity contribution in [2.45, 2.75) is 26.4 Å². The van der Waals surface area contributed by atoms with Crippen LogP contribution in [0.2, 0.25) is 0 Å². The zero-order chi connectivity index (χ0) is 10.6. The van der Waals surface area contributed by atoms with E-state index in [1.54, 1.807) is 27.0 Å². The third-order valence-electron chi connectivity index (χ3n) is 1.10. The van der Waals surface area contributed by atoms with Crippen molar-refractivity contribution in [3.63, 3.8) is 0 Å². The fourth-order valence-corrected chi connectivity index (χ4v) is 0.610. The molecule has 0 saturated heterocycles. The molecule has 2 N–H and O–H groups in total. The summed E-state index contributed by atoms with van der Waals surface area (Å²) < 4.78 is 4.71. The minimum absolute atomic E-state index is 0.125. The van der Waals surface area contributed by atoms with E-state index in [1.807, 2.05) is 0 Å². The second kappa shape index (κ2) is 4.10. The largest absolute Gasteiger partial charge is 0.439 e. The van der Waals surface area contributed by atoms with Gasteiger partial charge in [0.1, 0.15) is 0 Å². The molecule has 0 aliphatic rings. The number of rotatable bonds is 2. The molecular formula is C8H13N3O3. The van der Waals surface area contributed by atoms with E-state index in [9.17, 15) is 4.79 Å². The summed E-state index contributed by atoms with van der Waals surface area (Å²) in [4.78, 5) is 22.3. The molecule has 0 saturated carbocycles. The molecule has 0 bridgehead atoms. The van der Waals surface area contributed by atoms with Gasteiger partial charge >= 0.3 is 12.1 Å². The Bertz CT molecular complexity index is 289. The van der Waals surface area contributed by atoms with Crippen molar-refractivity contribution in [3.8, 4) is 6.01 Å². The molecule has 78 valence electrons. The van der Waals surface area contributed by atoms with Gasteiger partial charge in [-0.3, -0.25) is 4.84 Å². The highest BCUT2D eigenvalue weighted by molar-refractivity contribution is 5.68. The molecule has 1 rings (SSSR count). The maximum absolute atomic E-state index is 11.0. The summed E-state index contributed by atoms with van der Waals surface area (Å²) in [6.07, 6.45) is 2.32. The van der Waals surface area contributed by atoms with Gasteiger partial charge < -0.3 is 9.72 Å². The van der Waals surface area contributed by atoms with Crippen LogP contribution in [0.3, 0.4) is 0 Å². The van der Waals surface area contributed by atoms with Crippen LogP contribution in [0.15, 0.2) is 12.4 Å². The van der Waals surface area contributed by atoms with Crippen LogP contribution in [0, 0.1) is 0 Å². The average Bonchev–Trinajstić information content (AvgIpc) is 2.52. The smallest absolute Gasteiger partial charge is 0.374 e. The Hall–Kier alpha value is -1.56. The highest BCUT2D eigenvalue weighted by Gasteiger charge is 2.14. The number of hydrogen-bond acceptors (Lipinski definition) is 4. The van der Waals surface area contributed by atoms with Crippen molar-refractivity contribution < 1.29 is 14.4 Å². The molecule has 1 heterocycles. The maximum Gasteiger partial charge on any atom is 0.439 e. The molecule has 0 aromatic carbocycles. The Labute approximate surface area is 81.6 Å². The number of aromatic amines is 1. The first-order valence-corrected chi connectivity index (χ1v) is 4.12. The van der Waals surface area contributed by atoms with Crippen LogP contribution in [0.25, 0.3) is 0 Å². The lowest BCUT2D eigenvalue weighted by atomic mass is 10.2. The van der Waals surface area contributed by atoms with E-state index in [0.29, 0.717) is 0 Å². The van der Waals surface area contributed by atoms with Gasteiger partial charge in [-0.2, -0.15) is 5.48 Å². The molecule has 14 heavy (non-hydrogen) atoms. The molecule has 0 atom stereocenters. The number of ether oxygens (including phenoxy) is 1. The van der Waals surface area contributed by atoms with Crippen molar-refractivity contribution in [2.24, 2.45) is 0 Å². The Morgan fingerprint density at radius 1 is 1.57 bits per heavy atom. The number of aromatic nitrogens is 2. The van der Waals surface area contributed by atoms with Gasteiger partial charge in [-0.15, -0.1) is 0 Å². The van der Waals surface area contributed by atoms with Gasteiger partial charge in [0.05, 0.1) is 5.60 Å². The minimum Gasteiger partial charge on any atom is -0.374 e. The number of amides is 1. The topological polar surface area (TPSA) is 76.2 Å². The number of carbonyl (C=O) groups is 1. The highest BCUT2D eigenvalue weighted by Crippen LogP contribution is 2.04. The van der Waals surface area contributed by atoms with Gasteiger partial charge in [-0.1, -0.05) is 0 Å². The molecule has 6 nitrogen and oxygen atoms in total. The monoisotopic (exact) mass is 199 g/mol. The van der Waals surface area contributed by atoms with Crippen LogP contribution in [-0.4, -0.2) is 21.7 Å². The van der Waals surface area contributed by atoms with Crippen LogP contribution < -0.4 is 10.2 Å². The first-order valence-electron chi connectivity index (χ1n) is 4.12. The van der Waals surface area contributed by atoms with E-state index in [0.717, 1.165) is 0 Å². The Kier molecular flexibility index (Phi) is 3.08. The lowest BCUT2D eigenvalue weighted by Gasteiger charge is -2.18. The van der Waals surface area contributed by atoms with Gasteiger partial charge in [0, 0.05) is 12.4 Å². The van der Waals surface area contributed by atoms with Gasteiger partial charge in [-0.05, 0) is 20.8 Å². The first-order chi connectivity index (χ1) is 6.47. The van der Waals surface area contributed by atoms with Gasteiger partial charge in [0.15, 0.2) is 0 Å². The first kappa shape index (κ1) is 10.5. The summed E-state index contributed by atoms with van der Waals surface area (Å²) >= 11 is 0. The molecule has 0 aliphatic heterocycles. The van der Waals surface area contributed by atoms with Gasteiger partial charge in [0.2, 0.25) is 0 Å². The minimum atomic E-state index is -0.713. The van der Waals surface area contributed by atoms with E-state index in [-0.39, 0.29) is 6.01 Å². The number of hydroxylamine groups is 1. The molecule has 0 unspecified atom stereocenters. The van der Waals surface area contributed by atoms with E-state index < -0.39 is 11.7 Å². The number of nitrogens with one attached hydrogen (secondary N) is 2. The molecule has 0 fully saturated rings. The molecular weight excluding hydrogens is 186 g/mol. The lowest BCUT2D eigenvalue weighted by molar-refractivity contribution is -0.0602. The third-order valence-corrected chi connectivity index (χ3v) is 1.10. The van der Waals surface area contributed by atoms with E-state index in [2.05, 4.69) is 15.4 Å². The Morgan fingerprint density at radius 3 is 2.79 bits per heavy atom. The summed E-state index contributed by atoms with van der Waals surface area (Å²) in [5.41, 5.74) is 1.68. The van der Waals surface area contributed by atoms with Crippen LogP contribution >= 0.6 is 0 Å². The number of imidazole rings is 1. The van der Waals surface area contributed by atoms with Crippen molar-refractivity contribution >= 4 is 6.09 Å². The number of H-pyrrole nitrogens is 1. The quantitative estimate of drug-likeness (QED) is 0.702. The van der Waals surface area contributed by atoms with Crippen LogP contribution in [0.4, 0.5) is 4.79 Å². The predicted octanol–water partition coefficient (Wildman–Crippen LogP) is 1.23. The zero-order valence-electron chi connectivity index (χ0n) is 8.33. The fourth-order valence-electron chi connectivity index (χ4n) is 0.610. The van der Waals surface area contributed by atoms with Crippen molar-refractivity contribution in [2.75, 3.05) is 0 Å². The maximum atomic E-state index is 11.0. The van der Waals surface area contributed by atoms with Gasteiger partial charge in [0.25, 0.3) is 0 Å². The standard InChI is InChI=1S/C8H13N3O3/c1-8(2,3)14-11-7(12)13-6-9-4-5-10-6/h4-5H,1-3H3,(H,9,10)(H,11,12). The summed E-state index contributed by atoms with van der Waals surface area (Å²) in [6, 6.07) is 0.125. The normalized spacial score (nSPS) is 11.1. The van der Waals surface area contributed by atoms with Gasteiger partial charge in [-0.25, -0.2) is 9.78 Å². The van der Waals surface area contributed by atoms with Crippen molar-refractivity contribution in [1.82, 2.24) is 15.4 Å². The van der Waals surface area contributed by atoms with E-state index >= 15 is 0 Å². The third kappa shape index (κ3) is 3.90. The second-order valence-electron chi connectivity index (χ2n) is 3.60. The highest BCUT2D eigenvalue weighted by atomic mass is 16.7. The van der Waals surface area contributed by atoms with Crippen molar-refractivity contribution in [3.05, 3.63) is 12.4 Å². The summed E-state index contributed by atoms with van der Waals surface area (Å²) in [5, 5.41) is 0. The molecule has 0 spiro atoms. The molecule has 0 aliphatic carbocycles. The second-order valence-corrected chi connectivity index (χ2v) is 3.60. The van der Waals surface area contributed by atoms with Crippen molar-refractivity contribution in [1.29, 1.82) is 0 Å². The lowest BCUT2D eigenvalue weighted by Crippen LogP contribution is -2.35. The molecule has 6 heteroatoms. The summed E-state index contributed by atoms with van der Waals surface area (Å²) in [6.45, 7) is 5.42. The Balaban J connectivity index is 2.30. The SMILES string of the molecule is CC(C)(C)ONC(=O)Oc1ncc[nH]1. The summed E-state index contributed by atoms with van der Waals surface area (Å²) in [7, 11) is 0. The molecule has 1 aromatic heterocycles. The zero-order valence-corrected chi connectivity index (χ0v) is 8.33. The van der Waals surface area contributed by atoms with E-state index in [1.165, 1.54) is 6.20 Å². The number of carbonyl (C=O) groups excluding carboxylic acids is 1. The fraction of sp³-hybridized carbons (Fsp3) is 0.500. The van der Waals surface area contributed by atoms with Crippen LogP contribution in [0.1, 0.15) is 20.8 Å². The average molecular weight is 199 g/mol. The summed E-state index contributed by atoms with van der Waals surface area (Å²) in [5.74, 6) is 0. The van der Waals surface area contributed by atoms with Crippen LogP contribution in [-0.2, 0) is 4.84 Å². The molecule has 1 aromatic rings. The molecule has 1 amide bonds. The Morgan fingerprint density at radius 2 is 2.29 bits per heavy atom. The number of hydrogen-bond donors (Lipinski definition) is 2. The number of nitrogens with zero attached hydrogens (tertiary/aromatic N) is 1. The molecule has 0 radical (unpaired) electrons.